The Morgan fingerprint density at radius 2 is 0.655 bits per heavy atom. The topological polar surface area (TPSA) is 0 Å². The Bertz CT molecular complexity index is 260. The van der Waals surface area contributed by atoms with Crippen LogP contribution in [0.25, 0.3) is 0 Å². The van der Waals surface area contributed by atoms with Gasteiger partial charge in [0.1, 0.15) is 0 Å². The largest absolute Gasteiger partial charge is 0.0654 e. The molecule has 0 bridgehead atoms. The van der Waals surface area contributed by atoms with Crippen LogP contribution in [0, 0.1) is 5.41 Å². The van der Waals surface area contributed by atoms with Crippen LogP contribution in [0.3, 0.4) is 0 Å². The van der Waals surface area contributed by atoms with E-state index >= 15 is 0 Å². The SMILES string of the molecule is CCCCC(CCCC)(CCCC)CCC[P+](CCCC)(CCCC)CCCC. The summed E-state index contributed by atoms with van der Waals surface area (Å²) in [6.07, 6.45) is 31.2. The Morgan fingerprint density at radius 1 is 0.379 bits per heavy atom. The van der Waals surface area contributed by atoms with Gasteiger partial charge in [-0.1, -0.05) is 99.3 Å². The maximum absolute atomic E-state index is 2.40. The summed E-state index contributed by atoms with van der Waals surface area (Å²) in [6.45, 7) is 14.4. The minimum atomic E-state index is -0.709. The van der Waals surface area contributed by atoms with Crippen molar-refractivity contribution in [1.82, 2.24) is 0 Å². The third kappa shape index (κ3) is 13.4. The van der Waals surface area contributed by atoms with Crippen LogP contribution >= 0.6 is 7.26 Å². The van der Waals surface area contributed by atoms with E-state index in [4.69, 9.17) is 0 Å². The van der Waals surface area contributed by atoms with E-state index in [2.05, 4.69) is 41.5 Å². The minimum absolute atomic E-state index is 0.679. The molecular formula is C28H60P+. The maximum atomic E-state index is 2.40. The number of rotatable bonds is 22. The van der Waals surface area contributed by atoms with Gasteiger partial charge in [0.25, 0.3) is 0 Å². The van der Waals surface area contributed by atoms with Crippen molar-refractivity contribution in [2.45, 2.75) is 151 Å². The lowest BCUT2D eigenvalue weighted by atomic mass is 9.71. The zero-order valence-electron chi connectivity index (χ0n) is 21.8. The molecule has 0 aliphatic rings. The van der Waals surface area contributed by atoms with Crippen LogP contribution in [0.15, 0.2) is 0 Å². The van der Waals surface area contributed by atoms with Crippen LogP contribution in [0.2, 0.25) is 0 Å². The molecule has 0 fully saturated rings. The highest BCUT2D eigenvalue weighted by Crippen LogP contribution is 2.61. The Morgan fingerprint density at radius 3 is 0.966 bits per heavy atom. The van der Waals surface area contributed by atoms with Gasteiger partial charge in [0, 0.05) is 7.26 Å². The van der Waals surface area contributed by atoms with Crippen molar-refractivity contribution in [2.24, 2.45) is 5.41 Å². The van der Waals surface area contributed by atoms with Crippen molar-refractivity contribution in [3.05, 3.63) is 0 Å². The van der Waals surface area contributed by atoms with Gasteiger partial charge in [-0.05, 0) is 56.8 Å². The van der Waals surface area contributed by atoms with Gasteiger partial charge in [-0.25, -0.2) is 0 Å². The van der Waals surface area contributed by atoms with E-state index in [9.17, 15) is 0 Å². The van der Waals surface area contributed by atoms with Gasteiger partial charge in [-0.2, -0.15) is 0 Å². The molecule has 0 spiro atoms. The van der Waals surface area contributed by atoms with Crippen LogP contribution in [0.4, 0.5) is 0 Å². The molecule has 176 valence electrons. The lowest BCUT2D eigenvalue weighted by Gasteiger charge is -2.36. The summed E-state index contributed by atoms with van der Waals surface area (Å²) in [5, 5.41) is 0. The molecule has 0 nitrogen and oxygen atoms in total. The van der Waals surface area contributed by atoms with Crippen LogP contribution in [-0.2, 0) is 0 Å². The number of hydrogen-bond acceptors (Lipinski definition) is 0. The fraction of sp³-hybridized carbons (Fsp3) is 1.00. The van der Waals surface area contributed by atoms with Crippen molar-refractivity contribution < 1.29 is 0 Å². The van der Waals surface area contributed by atoms with Crippen molar-refractivity contribution in [3.63, 3.8) is 0 Å². The van der Waals surface area contributed by atoms with E-state index in [1.54, 1.807) is 37.5 Å². The van der Waals surface area contributed by atoms with E-state index in [0.29, 0.717) is 5.41 Å². The first-order valence-corrected chi connectivity index (χ1v) is 16.5. The molecule has 0 radical (unpaired) electrons. The van der Waals surface area contributed by atoms with Crippen molar-refractivity contribution in [2.75, 3.05) is 24.6 Å². The van der Waals surface area contributed by atoms with Gasteiger partial charge in [0.05, 0.1) is 24.6 Å². The van der Waals surface area contributed by atoms with Crippen LogP contribution in [0.5, 0.6) is 0 Å². The summed E-state index contributed by atoms with van der Waals surface area (Å²) in [4.78, 5) is 0. The fourth-order valence-electron chi connectivity index (χ4n) is 5.35. The third-order valence-corrected chi connectivity index (χ3v) is 12.5. The van der Waals surface area contributed by atoms with Gasteiger partial charge in [0.15, 0.2) is 0 Å². The van der Waals surface area contributed by atoms with E-state index in [0.717, 1.165) is 0 Å². The number of unbranched alkanes of at least 4 members (excludes halogenated alkanes) is 6. The molecule has 0 saturated heterocycles. The van der Waals surface area contributed by atoms with Gasteiger partial charge < -0.3 is 0 Å². The second kappa shape index (κ2) is 19.1. The fourth-order valence-corrected chi connectivity index (χ4v) is 10.5. The van der Waals surface area contributed by atoms with E-state index in [1.165, 1.54) is 96.3 Å². The molecular weight excluding hydrogens is 367 g/mol. The molecule has 0 N–H and O–H groups in total. The Labute approximate surface area is 188 Å². The summed E-state index contributed by atoms with van der Waals surface area (Å²) < 4.78 is 0. The highest BCUT2D eigenvalue weighted by atomic mass is 31.2. The average Bonchev–Trinajstić information content (AvgIpc) is 2.75. The molecule has 1 heteroatoms. The third-order valence-electron chi connectivity index (χ3n) is 7.48. The van der Waals surface area contributed by atoms with Crippen LogP contribution in [0.1, 0.15) is 151 Å². The summed E-state index contributed by atoms with van der Waals surface area (Å²) in [5.74, 6) is 0. The normalized spacial score (nSPS) is 12.6. The van der Waals surface area contributed by atoms with Gasteiger partial charge >= 0.3 is 0 Å². The minimum Gasteiger partial charge on any atom is -0.0654 e. The Balaban J connectivity index is 5.21. The Kier molecular flexibility index (Phi) is 19.4. The smallest absolute Gasteiger partial charge is 0.0594 e. The monoisotopic (exact) mass is 427 g/mol. The quantitative estimate of drug-likeness (QED) is 0.151. The highest BCUT2D eigenvalue weighted by Gasteiger charge is 2.36. The van der Waals surface area contributed by atoms with Crippen molar-refractivity contribution in [1.29, 1.82) is 0 Å². The lowest BCUT2D eigenvalue weighted by Crippen LogP contribution is -2.23. The molecule has 0 unspecified atom stereocenters. The molecule has 0 atom stereocenters. The molecule has 0 amide bonds. The molecule has 0 rings (SSSR count). The molecule has 0 aliphatic heterocycles. The van der Waals surface area contributed by atoms with Gasteiger partial charge in [-0.15, -0.1) is 0 Å². The maximum Gasteiger partial charge on any atom is 0.0594 e. The first kappa shape index (κ1) is 29.4. The summed E-state index contributed by atoms with van der Waals surface area (Å²) in [6, 6.07) is 0. The molecule has 0 aromatic rings. The van der Waals surface area contributed by atoms with Crippen molar-refractivity contribution >= 4 is 7.26 Å². The standard InChI is InChI=1S/C28H60P/c1-7-13-20-28(21-14-8-2,22-15-9-3)23-19-27-29(24-16-10-4,25-17-11-5)26-18-12-6/h7-27H2,1-6H3/q+1. The first-order valence-electron chi connectivity index (χ1n) is 13.9. The van der Waals surface area contributed by atoms with E-state index in [-0.39, 0.29) is 0 Å². The zero-order valence-corrected chi connectivity index (χ0v) is 22.7. The second-order valence-electron chi connectivity index (χ2n) is 10.2. The molecule has 29 heavy (non-hydrogen) atoms. The van der Waals surface area contributed by atoms with Crippen LogP contribution < -0.4 is 0 Å². The van der Waals surface area contributed by atoms with Crippen LogP contribution in [-0.4, -0.2) is 24.6 Å². The predicted molar refractivity (Wildman–Crippen MR) is 141 cm³/mol. The first-order chi connectivity index (χ1) is 14.1. The molecule has 0 aromatic heterocycles. The molecule has 0 aromatic carbocycles. The summed E-state index contributed by atoms with van der Waals surface area (Å²) in [7, 11) is -0.709. The van der Waals surface area contributed by atoms with Gasteiger partial charge in [0.2, 0.25) is 0 Å². The number of hydrogen-bond donors (Lipinski definition) is 0. The summed E-state index contributed by atoms with van der Waals surface area (Å²) >= 11 is 0. The molecule has 0 saturated carbocycles. The van der Waals surface area contributed by atoms with E-state index < -0.39 is 7.26 Å². The van der Waals surface area contributed by atoms with E-state index in [1.807, 2.05) is 0 Å². The highest BCUT2D eigenvalue weighted by molar-refractivity contribution is 7.75. The second-order valence-corrected chi connectivity index (χ2v) is 14.7. The van der Waals surface area contributed by atoms with Gasteiger partial charge in [-0.3, -0.25) is 0 Å². The molecule has 0 aliphatic carbocycles. The predicted octanol–water partition coefficient (Wildman–Crippen LogP) is 10.7. The molecule has 0 heterocycles. The lowest BCUT2D eigenvalue weighted by molar-refractivity contribution is 0.181. The average molecular weight is 428 g/mol. The Hall–Kier alpha value is 0.430. The van der Waals surface area contributed by atoms with Crippen molar-refractivity contribution in [3.8, 4) is 0 Å². The summed E-state index contributed by atoms with van der Waals surface area (Å²) in [5.41, 5.74) is 0.679. The zero-order chi connectivity index (χ0) is 21.8.